The smallest absolute Gasteiger partial charge is 0.331 e. The lowest BCUT2D eigenvalue weighted by Crippen LogP contribution is -2.40. The SMILES string of the molecule is C=C/C=C\[C@H](C)[C@@H]1OC(=O)/C=C\C=C\[C@@H](C)[C@@H](O)C[C@H](O)CC[C@H](C)[C@H](O)[C@@H](C)/C=C(/C)C[C@H](C)[C@@H](O)[C@@H]1C. The summed E-state index contributed by atoms with van der Waals surface area (Å²) < 4.78 is 5.85. The Morgan fingerprint density at radius 3 is 2.28 bits per heavy atom. The highest BCUT2D eigenvalue weighted by Crippen LogP contribution is 2.29. The molecule has 0 aromatic carbocycles. The van der Waals surface area contributed by atoms with E-state index in [-0.39, 0.29) is 41.9 Å². The molecule has 0 radical (unpaired) electrons. The van der Waals surface area contributed by atoms with Crippen LogP contribution in [0.1, 0.15) is 74.1 Å². The average Bonchev–Trinajstić information content (AvgIpc) is 2.88. The van der Waals surface area contributed by atoms with E-state index in [1.165, 1.54) is 6.08 Å². The fourth-order valence-corrected chi connectivity index (χ4v) is 5.44. The summed E-state index contributed by atoms with van der Waals surface area (Å²) in [4.78, 5) is 12.7. The molecule has 6 heteroatoms. The van der Waals surface area contributed by atoms with E-state index in [2.05, 4.69) is 12.7 Å². The van der Waals surface area contributed by atoms with E-state index in [1.54, 1.807) is 24.3 Å². The van der Waals surface area contributed by atoms with Crippen molar-refractivity contribution < 1.29 is 30.0 Å². The molecule has 222 valence electrons. The lowest BCUT2D eigenvalue weighted by molar-refractivity contribution is -0.151. The van der Waals surface area contributed by atoms with Crippen molar-refractivity contribution in [3.05, 3.63) is 60.8 Å². The quantitative estimate of drug-likeness (QED) is 0.211. The highest BCUT2D eigenvalue weighted by atomic mass is 16.5. The predicted octanol–water partition coefficient (Wildman–Crippen LogP) is 5.53. The second-order valence-electron chi connectivity index (χ2n) is 11.9. The third kappa shape index (κ3) is 12.4. The number of carbonyl (C=O) groups excluding carboxylic acids is 1. The van der Waals surface area contributed by atoms with E-state index in [0.717, 1.165) is 5.57 Å². The maximum atomic E-state index is 12.7. The van der Waals surface area contributed by atoms with Crippen molar-refractivity contribution in [1.82, 2.24) is 0 Å². The Labute approximate surface area is 236 Å². The van der Waals surface area contributed by atoms with Crippen LogP contribution in [0.25, 0.3) is 0 Å². The van der Waals surface area contributed by atoms with E-state index in [9.17, 15) is 25.2 Å². The van der Waals surface area contributed by atoms with E-state index >= 15 is 0 Å². The van der Waals surface area contributed by atoms with Gasteiger partial charge in [-0.15, -0.1) is 0 Å². The molecule has 0 saturated heterocycles. The second kappa shape index (κ2) is 17.6. The van der Waals surface area contributed by atoms with Crippen LogP contribution in [0.3, 0.4) is 0 Å². The number of hydrogen-bond acceptors (Lipinski definition) is 6. The topological polar surface area (TPSA) is 107 Å². The Kier molecular flexibility index (Phi) is 15.9. The Balaban J connectivity index is 3.28. The molecule has 0 aliphatic carbocycles. The lowest BCUT2D eigenvalue weighted by atomic mass is 9.81. The van der Waals surface area contributed by atoms with Crippen LogP contribution in [0.15, 0.2) is 60.8 Å². The Morgan fingerprint density at radius 2 is 1.64 bits per heavy atom. The highest BCUT2D eigenvalue weighted by Gasteiger charge is 2.33. The molecule has 1 aliphatic heterocycles. The molecule has 0 amide bonds. The number of aliphatic hydroxyl groups excluding tert-OH is 4. The van der Waals surface area contributed by atoms with E-state index < -0.39 is 36.5 Å². The minimum absolute atomic E-state index is 0.0141. The first-order chi connectivity index (χ1) is 18.3. The van der Waals surface area contributed by atoms with Gasteiger partial charge in [0.1, 0.15) is 6.10 Å². The molecule has 0 saturated carbocycles. The van der Waals surface area contributed by atoms with Gasteiger partial charge in [-0.2, -0.15) is 0 Å². The third-order valence-corrected chi connectivity index (χ3v) is 8.11. The van der Waals surface area contributed by atoms with Crippen molar-refractivity contribution >= 4 is 5.97 Å². The van der Waals surface area contributed by atoms with Crippen LogP contribution in [0.4, 0.5) is 0 Å². The van der Waals surface area contributed by atoms with Crippen LogP contribution < -0.4 is 0 Å². The van der Waals surface area contributed by atoms with Crippen LogP contribution >= 0.6 is 0 Å². The Hall–Kier alpha value is -1.99. The molecule has 0 aromatic rings. The van der Waals surface area contributed by atoms with Crippen molar-refractivity contribution in [2.75, 3.05) is 0 Å². The number of ether oxygens (including phenoxy) is 1. The molecule has 39 heavy (non-hydrogen) atoms. The number of carbonyl (C=O) groups is 1. The number of hydrogen-bond donors (Lipinski definition) is 4. The van der Waals surface area contributed by atoms with Crippen LogP contribution in [-0.4, -0.2) is 56.9 Å². The molecule has 0 unspecified atom stereocenters. The molecule has 11 atom stereocenters. The summed E-state index contributed by atoms with van der Waals surface area (Å²) in [5.41, 5.74) is 1.08. The fourth-order valence-electron chi connectivity index (χ4n) is 5.44. The first-order valence-electron chi connectivity index (χ1n) is 14.5. The zero-order valence-corrected chi connectivity index (χ0v) is 25.1. The summed E-state index contributed by atoms with van der Waals surface area (Å²) in [6.45, 7) is 17.4. The molecule has 1 rings (SSSR count). The second-order valence-corrected chi connectivity index (χ2v) is 11.9. The van der Waals surface area contributed by atoms with Crippen molar-refractivity contribution in [1.29, 1.82) is 0 Å². The first kappa shape index (κ1) is 35.0. The number of allylic oxidation sites excluding steroid dienone is 5. The van der Waals surface area contributed by atoms with Gasteiger partial charge in [0.25, 0.3) is 0 Å². The predicted molar refractivity (Wildman–Crippen MR) is 159 cm³/mol. The number of cyclic esters (lactones) is 1. The number of aliphatic hydroxyl groups is 4. The van der Waals surface area contributed by atoms with Gasteiger partial charge in [0.2, 0.25) is 0 Å². The largest absolute Gasteiger partial charge is 0.458 e. The Bertz CT molecular complexity index is 858. The molecule has 6 nitrogen and oxygen atoms in total. The maximum absolute atomic E-state index is 12.7. The van der Waals surface area contributed by atoms with Crippen molar-refractivity contribution in [3.63, 3.8) is 0 Å². The first-order valence-corrected chi connectivity index (χ1v) is 14.5. The van der Waals surface area contributed by atoms with E-state index in [4.69, 9.17) is 4.74 Å². The van der Waals surface area contributed by atoms with E-state index in [1.807, 2.05) is 60.6 Å². The van der Waals surface area contributed by atoms with Crippen LogP contribution in [0, 0.1) is 35.5 Å². The van der Waals surface area contributed by atoms with Crippen LogP contribution in [0.5, 0.6) is 0 Å². The number of rotatable bonds is 3. The summed E-state index contributed by atoms with van der Waals surface area (Å²) in [5, 5.41) is 43.2. The highest BCUT2D eigenvalue weighted by molar-refractivity contribution is 5.82. The van der Waals surface area contributed by atoms with Gasteiger partial charge in [-0.1, -0.05) is 96.2 Å². The van der Waals surface area contributed by atoms with Gasteiger partial charge in [0.05, 0.1) is 24.4 Å². The summed E-state index contributed by atoms with van der Waals surface area (Å²) in [7, 11) is 0. The molecule has 0 spiro atoms. The van der Waals surface area contributed by atoms with Crippen LogP contribution in [-0.2, 0) is 9.53 Å². The molecule has 0 fully saturated rings. The van der Waals surface area contributed by atoms with Crippen molar-refractivity contribution in [2.45, 2.75) is 105 Å². The molecule has 0 aromatic heterocycles. The molecule has 1 aliphatic rings. The minimum Gasteiger partial charge on any atom is -0.458 e. The zero-order chi connectivity index (χ0) is 29.7. The lowest BCUT2D eigenvalue weighted by Gasteiger charge is -2.33. The monoisotopic (exact) mass is 546 g/mol. The third-order valence-electron chi connectivity index (χ3n) is 8.11. The van der Waals surface area contributed by atoms with Gasteiger partial charge >= 0.3 is 5.97 Å². The van der Waals surface area contributed by atoms with Gasteiger partial charge in [-0.05, 0) is 44.4 Å². The van der Waals surface area contributed by atoms with Gasteiger partial charge in [-0.3, -0.25) is 0 Å². The zero-order valence-electron chi connectivity index (χ0n) is 25.1. The van der Waals surface area contributed by atoms with Crippen molar-refractivity contribution in [2.24, 2.45) is 35.5 Å². The van der Waals surface area contributed by atoms with Gasteiger partial charge in [0, 0.05) is 29.7 Å². The Morgan fingerprint density at radius 1 is 0.974 bits per heavy atom. The fraction of sp³-hybridized carbons (Fsp3) is 0.667. The van der Waals surface area contributed by atoms with Gasteiger partial charge < -0.3 is 25.2 Å². The summed E-state index contributed by atoms with van der Waals surface area (Å²) >= 11 is 0. The summed E-state index contributed by atoms with van der Waals surface area (Å²) in [5.74, 6) is -1.39. The number of esters is 1. The maximum Gasteiger partial charge on any atom is 0.331 e. The molecule has 0 bridgehead atoms. The summed E-state index contributed by atoms with van der Waals surface area (Å²) in [6.07, 6.45) is 12.7. The normalized spacial score (nSPS) is 40.8. The standard InChI is InChI=1S/C33H54O6/c1-9-10-13-24(5)33-27(8)32(38)26(7)19-21(2)18-25(6)31(37)23(4)16-17-28(34)20-29(35)22(3)14-11-12-15-30(36)39-33/h9-15,18,22-29,31-35,37-38H,1,16-17,19-20H2,2-8H3/b13-10-,14-11+,15-12-,21-18-/t22-,23+,24+,25+,26+,27+,28-,29+,31+,32-,33+/m1/s1. The van der Waals surface area contributed by atoms with Gasteiger partial charge in [-0.25, -0.2) is 4.79 Å². The van der Waals surface area contributed by atoms with Crippen LogP contribution in [0.2, 0.25) is 0 Å². The minimum atomic E-state index is -0.731. The molecule has 4 N–H and O–H groups in total. The van der Waals surface area contributed by atoms with Gasteiger partial charge in [0.15, 0.2) is 0 Å². The molecule has 1 heterocycles. The molecular weight excluding hydrogens is 492 g/mol. The molecular formula is C33H54O6. The summed E-state index contributed by atoms with van der Waals surface area (Å²) in [6, 6.07) is 0. The van der Waals surface area contributed by atoms with Crippen molar-refractivity contribution in [3.8, 4) is 0 Å². The average molecular weight is 547 g/mol. The van der Waals surface area contributed by atoms with E-state index in [0.29, 0.717) is 19.3 Å².